The van der Waals surface area contributed by atoms with Crippen molar-refractivity contribution in [3.8, 4) is 0 Å². The summed E-state index contributed by atoms with van der Waals surface area (Å²) in [5.41, 5.74) is 0. The maximum absolute atomic E-state index is 5.38. The molecule has 7 heteroatoms. The average molecular weight is 321 g/mol. The molecule has 0 spiro atoms. The summed E-state index contributed by atoms with van der Waals surface area (Å²) >= 11 is 1.71. The molecule has 0 bridgehead atoms. The standard InChI is InChI=1S/C15H23N5OS/c1-22-12-14-17-15(21-18-14)11-19-8-3-2-5-13(19)6-10-20-9-4-7-16-20/h4,7,9,13H,2-3,5-6,8,10-12H2,1H3/t13-/m0/s1. The molecule has 0 unspecified atom stereocenters. The molecule has 1 fully saturated rings. The molecule has 0 aromatic carbocycles. The molecule has 22 heavy (non-hydrogen) atoms. The Hall–Kier alpha value is -1.34. The Kier molecular flexibility index (Phi) is 5.50. The first-order valence-corrected chi connectivity index (χ1v) is 9.26. The van der Waals surface area contributed by atoms with Crippen LogP contribution in [0.2, 0.25) is 0 Å². The fourth-order valence-electron chi connectivity index (χ4n) is 3.02. The van der Waals surface area contributed by atoms with Gasteiger partial charge in [-0.15, -0.1) is 0 Å². The lowest BCUT2D eigenvalue weighted by molar-refractivity contribution is 0.113. The normalized spacial score (nSPS) is 19.6. The van der Waals surface area contributed by atoms with Crippen LogP contribution in [0.3, 0.4) is 0 Å². The molecule has 1 aliphatic heterocycles. The zero-order valence-electron chi connectivity index (χ0n) is 13.0. The zero-order valence-corrected chi connectivity index (χ0v) is 13.8. The van der Waals surface area contributed by atoms with Crippen LogP contribution in [0.25, 0.3) is 0 Å². The lowest BCUT2D eigenvalue weighted by Gasteiger charge is -2.34. The van der Waals surface area contributed by atoms with Crippen LogP contribution < -0.4 is 0 Å². The van der Waals surface area contributed by atoms with E-state index in [1.165, 1.54) is 19.3 Å². The van der Waals surface area contributed by atoms with E-state index < -0.39 is 0 Å². The number of aryl methyl sites for hydroxylation is 1. The van der Waals surface area contributed by atoms with Crippen LogP contribution >= 0.6 is 11.8 Å². The van der Waals surface area contributed by atoms with Gasteiger partial charge in [-0.2, -0.15) is 21.8 Å². The van der Waals surface area contributed by atoms with Gasteiger partial charge in [-0.05, 0) is 38.1 Å². The predicted octanol–water partition coefficient (Wildman–Crippen LogP) is 2.57. The predicted molar refractivity (Wildman–Crippen MR) is 86.4 cm³/mol. The maximum atomic E-state index is 5.38. The van der Waals surface area contributed by atoms with Crippen molar-refractivity contribution in [2.45, 2.75) is 50.6 Å². The first-order valence-electron chi connectivity index (χ1n) is 7.87. The molecule has 3 heterocycles. The Labute approximate surface area is 135 Å². The first kappa shape index (κ1) is 15.6. The Morgan fingerprint density at radius 3 is 3.18 bits per heavy atom. The molecule has 1 atom stereocenters. The molecule has 1 aliphatic rings. The number of likely N-dealkylation sites (tertiary alicyclic amines) is 1. The second-order valence-corrected chi connectivity index (χ2v) is 6.58. The van der Waals surface area contributed by atoms with Crippen LogP contribution in [0.4, 0.5) is 0 Å². The van der Waals surface area contributed by atoms with Gasteiger partial charge in [-0.3, -0.25) is 9.58 Å². The molecule has 0 N–H and O–H groups in total. The second kappa shape index (κ2) is 7.78. The second-order valence-electron chi connectivity index (χ2n) is 5.72. The Morgan fingerprint density at radius 1 is 1.41 bits per heavy atom. The van der Waals surface area contributed by atoms with E-state index in [9.17, 15) is 0 Å². The summed E-state index contributed by atoms with van der Waals surface area (Å²) in [6, 6.07) is 2.55. The van der Waals surface area contributed by atoms with Crippen LogP contribution in [0, 0.1) is 0 Å². The van der Waals surface area contributed by atoms with E-state index in [1.807, 2.05) is 29.4 Å². The van der Waals surface area contributed by atoms with Gasteiger partial charge < -0.3 is 4.52 Å². The van der Waals surface area contributed by atoms with Crippen molar-refractivity contribution >= 4 is 11.8 Å². The third-order valence-electron chi connectivity index (χ3n) is 4.12. The summed E-state index contributed by atoms with van der Waals surface area (Å²) in [4.78, 5) is 6.97. The minimum atomic E-state index is 0.578. The number of nitrogens with zero attached hydrogens (tertiary/aromatic N) is 5. The third-order valence-corrected chi connectivity index (χ3v) is 4.67. The van der Waals surface area contributed by atoms with E-state index in [1.54, 1.807) is 11.8 Å². The van der Waals surface area contributed by atoms with Crippen LogP contribution in [-0.2, 0) is 18.8 Å². The number of rotatable bonds is 7. The van der Waals surface area contributed by atoms with Gasteiger partial charge >= 0.3 is 0 Å². The van der Waals surface area contributed by atoms with E-state index in [0.29, 0.717) is 6.04 Å². The largest absolute Gasteiger partial charge is 0.338 e. The molecule has 0 amide bonds. The van der Waals surface area contributed by atoms with Gasteiger partial charge in [0.15, 0.2) is 5.82 Å². The number of hydrogen-bond donors (Lipinski definition) is 0. The maximum Gasteiger partial charge on any atom is 0.240 e. The number of thioether (sulfide) groups is 1. The first-order chi connectivity index (χ1) is 10.8. The topological polar surface area (TPSA) is 60.0 Å². The third kappa shape index (κ3) is 4.10. The van der Waals surface area contributed by atoms with Crippen LogP contribution in [0.5, 0.6) is 0 Å². The van der Waals surface area contributed by atoms with E-state index >= 15 is 0 Å². The Morgan fingerprint density at radius 2 is 2.36 bits per heavy atom. The van der Waals surface area contributed by atoms with Gasteiger partial charge in [0.25, 0.3) is 0 Å². The van der Waals surface area contributed by atoms with Gasteiger partial charge in [0, 0.05) is 25.0 Å². The number of piperidine rings is 1. The monoisotopic (exact) mass is 321 g/mol. The van der Waals surface area contributed by atoms with Crippen LogP contribution in [-0.4, -0.2) is 43.7 Å². The lowest BCUT2D eigenvalue weighted by Crippen LogP contribution is -2.39. The Bertz CT molecular complexity index is 556. The van der Waals surface area contributed by atoms with Crippen LogP contribution in [0.15, 0.2) is 23.0 Å². The van der Waals surface area contributed by atoms with Crippen molar-refractivity contribution in [2.24, 2.45) is 0 Å². The molecule has 0 aliphatic carbocycles. The van der Waals surface area contributed by atoms with Crippen molar-refractivity contribution in [1.29, 1.82) is 0 Å². The van der Waals surface area contributed by atoms with E-state index in [0.717, 1.165) is 43.5 Å². The summed E-state index contributed by atoms with van der Waals surface area (Å²) in [7, 11) is 0. The highest BCUT2D eigenvalue weighted by Gasteiger charge is 2.24. The van der Waals surface area contributed by atoms with E-state index in [4.69, 9.17) is 4.52 Å². The van der Waals surface area contributed by atoms with Crippen molar-refractivity contribution in [3.63, 3.8) is 0 Å². The lowest BCUT2D eigenvalue weighted by atomic mass is 9.99. The van der Waals surface area contributed by atoms with Crippen LogP contribution in [0.1, 0.15) is 37.4 Å². The summed E-state index contributed by atoms with van der Waals surface area (Å²) in [6.07, 6.45) is 10.8. The number of hydrogen-bond acceptors (Lipinski definition) is 6. The summed E-state index contributed by atoms with van der Waals surface area (Å²) in [6.45, 7) is 2.85. The molecule has 2 aromatic heterocycles. The van der Waals surface area contributed by atoms with Crippen molar-refractivity contribution in [2.75, 3.05) is 12.8 Å². The van der Waals surface area contributed by atoms with Gasteiger partial charge in [-0.1, -0.05) is 11.6 Å². The van der Waals surface area contributed by atoms with E-state index in [-0.39, 0.29) is 0 Å². The molecule has 2 aromatic rings. The molecule has 6 nitrogen and oxygen atoms in total. The minimum absolute atomic E-state index is 0.578. The molecule has 3 rings (SSSR count). The minimum Gasteiger partial charge on any atom is -0.338 e. The summed E-state index contributed by atoms with van der Waals surface area (Å²) in [5, 5.41) is 8.32. The number of aromatic nitrogens is 4. The van der Waals surface area contributed by atoms with E-state index in [2.05, 4.69) is 20.1 Å². The highest BCUT2D eigenvalue weighted by atomic mass is 32.2. The van der Waals surface area contributed by atoms with Gasteiger partial charge in [0.1, 0.15) is 0 Å². The highest BCUT2D eigenvalue weighted by Crippen LogP contribution is 2.22. The zero-order chi connectivity index (χ0) is 15.2. The SMILES string of the molecule is CSCc1noc(CN2CCCC[C@H]2CCn2cccn2)n1. The molecule has 0 radical (unpaired) electrons. The molecule has 120 valence electrons. The van der Waals surface area contributed by atoms with Gasteiger partial charge in [0.05, 0.1) is 12.3 Å². The van der Waals surface area contributed by atoms with Gasteiger partial charge in [0.2, 0.25) is 5.89 Å². The fraction of sp³-hybridized carbons (Fsp3) is 0.667. The fourth-order valence-corrected chi connectivity index (χ4v) is 3.40. The van der Waals surface area contributed by atoms with Crippen molar-refractivity contribution in [3.05, 3.63) is 30.2 Å². The van der Waals surface area contributed by atoms with Crippen molar-refractivity contribution in [1.82, 2.24) is 24.8 Å². The summed E-state index contributed by atoms with van der Waals surface area (Å²) in [5.74, 6) is 2.36. The summed E-state index contributed by atoms with van der Waals surface area (Å²) < 4.78 is 7.39. The molecular weight excluding hydrogens is 298 g/mol. The van der Waals surface area contributed by atoms with Crippen molar-refractivity contribution < 1.29 is 4.52 Å². The quantitative estimate of drug-likeness (QED) is 0.781. The smallest absolute Gasteiger partial charge is 0.240 e. The highest BCUT2D eigenvalue weighted by molar-refractivity contribution is 7.97. The molecular formula is C15H23N5OS. The average Bonchev–Trinajstić information content (AvgIpc) is 3.19. The molecule has 1 saturated heterocycles. The molecule has 0 saturated carbocycles. The van der Waals surface area contributed by atoms with Gasteiger partial charge in [-0.25, -0.2) is 0 Å². The Balaban J connectivity index is 1.56.